The summed E-state index contributed by atoms with van der Waals surface area (Å²) in [5, 5.41) is 0. The highest BCUT2D eigenvalue weighted by Gasteiger charge is 2.03. The van der Waals surface area contributed by atoms with Crippen molar-refractivity contribution in [3.8, 4) is 0 Å². The molecular formula is C11H16O6. The summed E-state index contributed by atoms with van der Waals surface area (Å²) in [6.07, 6.45) is 4.31. The predicted octanol–water partition coefficient (Wildman–Crippen LogP) is 1.12. The quantitative estimate of drug-likeness (QED) is 0.248. The molecule has 6 heteroatoms. The molecule has 0 radical (unpaired) electrons. The Morgan fingerprint density at radius 3 is 1.41 bits per heavy atom. The summed E-state index contributed by atoms with van der Waals surface area (Å²) in [5.41, 5.74) is 0. The zero-order valence-corrected chi connectivity index (χ0v) is 9.55. The monoisotopic (exact) mass is 244 g/mol. The van der Waals surface area contributed by atoms with Gasteiger partial charge in [0, 0.05) is 12.8 Å². The Balaban J connectivity index is 3.23. The van der Waals surface area contributed by atoms with E-state index in [1.54, 1.807) is 0 Å². The molecule has 0 aliphatic rings. The van der Waals surface area contributed by atoms with Gasteiger partial charge >= 0.3 is 24.9 Å². The topological polar surface area (TPSA) is 86.7 Å². The molecule has 0 aromatic carbocycles. The molecule has 0 aromatic rings. The summed E-state index contributed by atoms with van der Waals surface area (Å²) in [6.45, 7) is 0.252. The third-order valence-corrected chi connectivity index (χ3v) is 2.12. The zero-order chi connectivity index (χ0) is 12.9. The summed E-state index contributed by atoms with van der Waals surface area (Å²) in [5.74, 6) is -1.04. The smallest absolute Gasteiger partial charge is 0.313 e. The van der Waals surface area contributed by atoms with Gasteiger partial charge in [0.05, 0.1) is 0 Å². The molecule has 0 bridgehead atoms. The van der Waals surface area contributed by atoms with Crippen LogP contribution in [0.15, 0.2) is 0 Å². The molecule has 0 spiro atoms. The SMILES string of the molecule is O=COC(=O)CCCCCCCC(=O)OC=O. The Hall–Kier alpha value is -1.72. The average Bonchev–Trinajstić information content (AvgIpc) is 2.28. The highest BCUT2D eigenvalue weighted by atomic mass is 16.6. The van der Waals surface area contributed by atoms with Crippen molar-refractivity contribution in [2.24, 2.45) is 0 Å². The van der Waals surface area contributed by atoms with Crippen molar-refractivity contribution in [3.63, 3.8) is 0 Å². The van der Waals surface area contributed by atoms with Gasteiger partial charge in [0.15, 0.2) is 0 Å². The van der Waals surface area contributed by atoms with Crippen LogP contribution in [-0.4, -0.2) is 24.9 Å². The second-order valence-electron chi connectivity index (χ2n) is 3.44. The van der Waals surface area contributed by atoms with Crippen LogP contribution in [0.2, 0.25) is 0 Å². The van der Waals surface area contributed by atoms with Gasteiger partial charge in [-0.1, -0.05) is 19.3 Å². The average molecular weight is 244 g/mol. The predicted molar refractivity (Wildman–Crippen MR) is 56.6 cm³/mol. The van der Waals surface area contributed by atoms with Crippen molar-refractivity contribution >= 4 is 24.9 Å². The fourth-order valence-electron chi connectivity index (χ4n) is 1.29. The van der Waals surface area contributed by atoms with Crippen LogP contribution >= 0.6 is 0 Å². The molecule has 0 aromatic heterocycles. The molecule has 0 atom stereocenters. The van der Waals surface area contributed by atoms with Crippen LogP contribution in [0.4, 0.5) is 0 Å². The Bertz CT molecular complexity index is 235. The van der Waals surface area contributed by atoms with E-state index in [9.17, 15) is 19.2 Å². The van der Waals surface area contributed by atoms with E-state index in [2.05, 4.69) is 9.47 Å². The number of hydrogen-bond acceptors (Lipinski definition) is 6. The van der Waals surface area contributed by atoms with E-state index in [4.69, 9.17) is 0 Å². The van der Waals surface area contributed by atoms with Crippen LogP contribution < -0.4 is 0 Å². The maximum Gasteiger partial charge on any atom is 0.313 e. The molecule has 0 fully saturated rings. The van der Waals surface area contributed by atoms with Crippen molar-refractivity contribution < 1.29 is 28.7 Å². The highest BCUT2D eigenvalue weighted by Crippen LogP contribution is 2.08. The summed E-state index contributed by atoms with van der Waals surface area (Å²) < 4.78 is 8.23. The Morgan fingerprint density at radius 2 is 1.06 bits per heavy atom. The van der Waals surface area contributed by atoms with Gasteiger partial charge < -0.3 is 9.47 Å². The van der Waals surface area contributed by atoms with Gasteiger partial charge in [-0.2, -0.15) is 0 Å². The van der Waals surface area contributed by atoms with Crippen molar-refractivity contribution in [2.45, 2.75) is 44.9 Å². The lowest BCUT2D eigenvalue weighted by Crippen LogP contribution is -2.02. The Morgan fingerprint density at radius 1 is 0.706 bits per heavy atom. The van der Waals surface area contributed by atoms with Gasteiger partial charge in [-0.15, -0.1) is 0 Å². The number of carbonyl (C=O) groups is 4. The lowest BCUT2D eigenvalue weighted by Gasteiger charge is -2.00. The summed E-state index contributed by atoms with van der Waals surface area (Å²) >= 11 is 0. The van der Waals surface area contributed by atoms with Crippen LogP contribution in [0, 0.1) is 0 Å². The number of rotatable bonds is 10. The van der Waals surface area contributed by atoms with E-state index in [1.807, 2.05) is 0 Å². The van der Waals surface area contributed by atoms with Crippen molar-refractivity contribution in [2.75, 3.05) is 0 Å². The van der Waals surface area contributed by atoms with Gasteiger partial charge in [0.2, 0.25) is 0 Å². The van der Waals surface area contributed by atoms with E-state index in [-0.39, 0.29) is 25.8 Å². The first kappa shape index (κ1) is 15.3. The lowest BCUT2D eigenvalue weighted by atomic mass is 10.1. The standard InChI is InChI=1S/C11H16O6/c12-8-16-10(14)6-4-2-1-3-5-7-11(15)17-9-13/h8-9H,1-7H2. The molecule has 0 saturated carbocycles. The fourth-order valence-corrected chi connectivity index (χ4v) is 1.29. The van der Waals surface area contributed by atoms with Crippen molar-refractivity contribution in [1.29, 1.82) is 0 Å². The third kappa shape index (κ3) is 10.6. The lowest BCUT2D eigenvalue weighted by molar-refractivity contribution is -0.153. The van der Waals surface area contributed by atoms with Crippen LogP contribution in [-0.2, 0) is 28.7 Å². The van der Waals surface area contributed by atoms with Gasteiger partial charge in [-0.25, -0.2) is 0 Å². The van der Waals surface area contributed by atoms with Gasteiger partial charge in [0.1, 0.15) is 0 Å². The highest BCUT2D eigenvalue weighted by molar-refractivity contribution is 5.76. The van der Waals surface area contributed by atoms with Gasteiger partial charge in [0.25, 0.3) is 0 Å². The van der Waals surface area contributed by atoms with Crippen LogP contribution in [0.1, 0.15) is 44.9 Å². The van der Waals surface area contributed by atoms with Crippen LogP contribution in [0.3, 0.4) is 0 Å². The largest absolute Gasteiger partial charge is 0.395 e. The molecule has 17 heavy (non-hydrogen) atoms. The first-order chi connectivity index (χ1) is 8.20. The van der Waals surface area contributed by atoms with Gasteiger partial charge in [-0.05, 0) is 12.8 Å². The Kier molecular flexibility index (Phi) is 9.70. The van der Waals surface area contributed by atoms with Gasteiger partial charge in [-0.3, -0.25) is 19.2 Å². The van der Waals surface area contributed by atoms with Crippen LogP contribution in [0.5, 0.6) is 0 Å². The molecule has 0 unspecified atom stereocenters. The van der Waals surface area contributed by atoms with E-state index in [0.29, 0.717) is 12.8 Å². The minimum Gasteiger partial charge on any atom is -0.395 e. The third-order valence-electron chi connectivity index (χ3n) is 2.12. The van der Waals surface area contributed by atoms with E-state index in [0.717, 1.165) is 19.3 Å². The summed E-state index contributed by atoms with van der Waals surface area (Å²) in [4.78, 5) is 41.1. The number of esters is 2. The zero-order valence-electron chi connectivity index (χ0n) is 9.55. The van der Waals surface area contributed by atoms with E-state index < -0.39 is 11.9 Å². The van der Waals surface area contributed by atoms with E-state index in [1.165, 1.54) is 0 Å². The number of hydrogen-bond donors (Lipinski definition) is 0. The second kappa shape index (κ2) is 10.8. The molecule has 0 amide bonds. The molecule has 0 aliphatic heterocycles. The number of ether oxygens (including phenoxy) is 2. The molecule has 0 aliphatic carbocycles. The Labute approximate surface area is 99.3 Å². The van der Waals surface area contributed by atoms with Crippen molar-refractivity contribution in [1.82, 2.24) is 0 Å². The minimum atomic E-state index is -0.519. The first-order valence-corrected chi connectivity index (χ1v) is 5.47. The fraction of sp³-hybridized carbons (Fsp3) is 0.636. The summed E-state index contributed by atoms with van der Waals surface area (Å²) in [7, 11) is 0. The second-order valence-corrected chi connectivity index (χ2v) is 3.44. The maximum absolute atomic E-state index is 10.7. The molecule has 96 valence electrons. The molecule has 0 rings (SSSR count). The first-order valence-electron chi connectivity index (χ1n) is 5.47. The molecule has 0 heterocycles. The number of carbonyl (C=O) groups excluding carboxylic acids is 4. The molecular weight excluding hydrogens is 228 g/mol. The maximum atomic E-state index is 10.7. The molecule has 0 saturated heterocycles. The molecule has 6 nitrogen and oxygen atoms in total. The summed E-state index contributed by atoms with van der Waals surface area (Å²) in [6, 6.07) is 0. The van der Waals surface area contributed by atoms with Crippen LogP contribution in [0.25, 0.3) is 0 Å². The van der Waals surface area contributed by atoms with Crippen molar-refractivity contribution in [3.05, 3.63) is 0 Å². The number of unbranched alkanes of at least 4 members (excludes halogenated alkanes) is 4. The normalized spacial score (nSPS) is 9.41. The molecule has 0 N–H and O–H groups in total. The van der Waals surface area contributed by atoms with E-state index >= 15 is 0 Å². The minimum absolute atomic E-state index is 0.126.